The van der Waals surface area contributed by atoms with Gasteiger partial charge >= 0.3 is 0 Å². The van der Waals surface area contributed by atoms with Crippen LogP contribution in [0.3, 0.4) is 0 Å². The predicted octanol–water partition coefficient (Wildman–Crippen LogP) is 5.81. The van der Waals surface area contributed by atoms with E-state index >= 15 is 0 Å². The minimum Gasteiger partial charge on any atom is -0.331 e. The second-order valence-corrected chi connectivity index (χ2v) is 7.36. The Balaban J connectivity index is 1.97. The summed E-state index contributed by atoms with van der Waals surface area (Å²) in [6.07, 6.45) is 1.84. The molecule has 0 radical (unpaired) electrons. The number of aromatic nitrogens is 2. The van der Waals surface area contributed by atoms with Gasteiger partial charge in [0.15, 0.2) is 0 Å². The number of rotatable bonds is 7. The number of halogens is 2. The number of carbonyl (C=O) groups excluding carboxylic acids is 1. The van der Waals surface area contributed by atoms with Gasteiger partial charge in [-0.1, -0.05) is 49.2 Å². The largest absolute Gasteiger partial charge is 0.331 e. The molecule has 0 spiro atoms. The van der Waals surface area contributed by atoms with Crippen LogP contribution < -0.4 is 0 Å². The lowest BCUT2D eigenvalue weighted by molar-refractivity contribution is 0.0737. The number of benzene rings is 2. The molecule has 0 bridgehead atoms. The second-order valence-electron chi connectivity index (χ2n) is 6.52. The standard InChI is InChI=1S/C21H23Cl2N3O/c1-3-11-25(21(27)16-13-15(22)9-10-17(16)23)14-20-24-18-7-5-6-8-19(18)26(20)12-4-2/h5-10,13H,3-4,11-12,14H2,1-2H3. The molecule has 0 atom stereocenters. The van der Waals surface area contributed by atoms with E-state index in [1.807, 2.05) is 18.2 Å². The number of amides is 1. The Morgan fingerprint density at radius 3 is 2.63 bits per heavy atom. The van der Waals surface area contributed by atoms with Crippen LogP contribution in [0, 0.1) is 0 Å². The summed E-state index contributed by atoms with van der Waals surface area (Å²) in [5, 5.41) is 0.907. The highest BCUT2D eigenvalue weighted by molar-refractivity contribution is 6.35. The summed E-state index contributed by atoms with van der Waals surface area (Å²) in [5.41, 5.74) is 2.47. The van der Waals surface area contributed by atoms with Gasteiger partial charge in [-0.05, 0) is 43.2 Å². The lowest BCUT2D eigenvalue weighted by Gasteiger charge is -2.23. The maximum atomic E-state index is 13.1. The third kappa shape index (κ3) is 4.28. The fraction of sp³-hybridized carbons (Fsp3) is 0.333. The van der Waals surface area contributed by atoms with E-state index in [1.54, 1.807) is 23.1 Å². The first-order valence-corrected chi connectivity index (χ1v) is 9.99. The van der Waals surface area contributed by atoms with Gasteiger partial charge in [0.05, 0.1) is 28.2 Å². The zero-order chi connectivity index (χ0) is 19.4. The molecular weight excluding hydrogens is 381 g/mol. The highest BCUT2D eigenvalue weighted by Gasteiger charge is 2.21. The number of fused-ring (bicyclic) bond motifs is 1. The molecule has 0 saturated heterocycles. The average Bonchev–Trinajstić information content (AvgIpc) is 3.00. The number of aryl methyl sites for hydroxylation is 1. The Morgan fingerprint density at radius 1 is 1.11 bits per heavy atom. The van der Waals surface area contributed by atoms with Crippen LogP contribution in [0.25, 0.3) is 11.0 Å². The van der Waals surface area contributed by atoms with Crippen LogP contribution in [0.5, 0.6) is 0 Å². The van der Waals surface area contributed by atoms with E-state index < -0.39 is 0 Å². The number of hydrogen-bond acceptors (Lipinski definition) is 2. The Morgan fingerprint density at radius 2 is 1.89 bits per heavy atom. The van der Waals surface area contributed by atoms with Crippen molar-refractivity contribution in [1.29, 1.82) is 0 Å². The topological polar surface area (TPSA) is 38.1 Å². The first-order chi connectivity index (χ1) is 13.0. The van der Waals surface area contributed by atoms with Crippen molar-refractivity contribution < 1.29 is 4.79 Å². The van der Waals surface area contributed by atoms with Crippen molar-refractivity contribution in [2.45, 2.75) is 39.8 Å². The molecule has 0 aliphatic heterocycles. The molecule has 1 amide bonds. The van der Waals surface area contributed by atoms with E-state index in [2.05, 4.69) is 24.5 Å². The Labute approximate surface area is 169 Å². The Bertz CT molecular complexity index is 952. The third-order valence-electron chi connectivity index (χ3n) is 4.45. The molecule has 0 saturated carbocycles. The summed E-state index contributed by atoms with van der Waals surface area (Å²) in [7, 11) is 0. The van der Waals surface area contributed by atoms with Gasteiger partial charge in [-0.3, -0.25) is 4.79 Å². The number of hydrogen-bond donors (Lipinski definition) is 0. The van der Waals surface area contributed by atoms with Crippen molar-refractivity contribution in [2.75, 3.05) is 6.54 Å². The van der Waals surface area contributed by atoms with Crippen molar-refractivity contribution in [1.82, 2.24) is 14.5 Å². The third-order valence-corrected chi connectivity index (χ3v) is 5.02. The molecule has 0 aliphatic rings. The fourth-order valence-electron chi connectivity index (χ4n) is 3.24. The zero-order valence-electron chi connectivity index (χ0n) is 15.6. The minimum atomic E-state index is -0.126. The highest BCUT2D eigenvalue weighted by atomic mass is 35.5. The summed E-state index contributed by atoms with van der Waals surface area (Å²) in [4.78, 5) is 19.7. The van der Waals surface area contributed by atoms with Crippen molar-refractivity contribution in [3.63, 3.8) is 0 Å². The van der Waals surface area contributed by atoms with E-state index in [9.17, 15) is 4.79 Å². The van der Waals surface area contributed by atoms with Crippen LogP contribution in [0.15, 0.2) is 42.5 Å². The SMILES string of the molecule is CCCN(Cc1nc2ccccc2n1CCC)C(=O)c1cc(Cl)ccc1Cl. The predicted molar refractivity (Wildman–Crippen MR) is 112 cm³/mol. The molecule has 6 heteroatoms. The molecule has 0 fully saturated rings. The van der Waals surface area contributed by atoms with Gasteiger partial charge in [0.25, 0.3) is 5.91 Å². The number of nitrogens with zero attached hydrogens (tertiary/aromatic N) is 3. The fourth-order valence-corrected chi connectivity index (χ4v) is 3.61. The molecule has 0 aliphatic carbocycles. The van der Waals surface area contributed by atoms with E-state index in [4.69, 9.17) is 28.2 Å². The Kier molecular flexibility index (Phi) is 6.40. The molecule has 27 heavy (non-hydrogen) atoms. The molecule has 3 rings (SSSR count). The normalized spacial score (nSPS) is 11.1. The summed E-state index contributed by atoms with van der Waals surface area (Å²) in [6.45, 7) is 6.11. The number of carbonyl (C=O) groups is 1. The lowest BCUT2D eigenvalue weighted by atomic mass is 10.2. The van der Waals surface area contributed by atoms with Crippen LogP contribution in [0.2, 0.25) is 10.0 Å². The number of imidazole rings is 1. The van der Waals surface area contributed by atoms with E-state index in [0.29, 0.717) is 28.7 Å². The monoisotopic (exact) mass is 403 g/mol. The molecule has 1 aromatic heterocycles. The average molecular weight is 404 g/mol. The second kappa shape index (κ2) is 8.77. The van der Waals surface area contributed by atoms with Gasteiger partial charge in [-0.15, -0.1) is 0 Å². The highest BCUT2D eigenvalue weighted by Crippen LogP contribution is 2.24. The van der Waals surface area contributed by atoms with Gasteiger partial charge in [0, 0.05) is 18.1 Å². The maximum absolute atomic E-state index is 13.1. The van der Waals surface area contributed by atoms with E-state index in [0.717, 1.165) is 36.2 Å². The molecule has 3 aromatic rings. The van der Waals surface area contributed by atoms with Crippen molar-refractivity contribution >= 4 is 40.1 Å². The molecule has 1 heterocycles. The molecule has 2 aromatic carbocycles. The van der Waals surface area contributed by atoms with Gasteiger partial charge in [0.1, 0.15) is 5.82 Å². The quantitative estimate of drug-likeness (QED) is 0.499. The minimum absolute atomic E-state index is 0.126. The van der Waals surface area contributed by atoms with Crippen LogP contribution in [-0.4, -0.2) is 26.9 Å². The summed E-state index contributed by atoms with van der Waals surface area (Å²) in [5.74, 6) is 0.762. The molecule has 0 unspecified atom stereocenters. The van der Waals surface area contributed by atoms with Crippen molar-refractivity contribution in [3.05, 3.63) is 63.9 Å². The van der Waals surface area contributed by atoms with Crippen molar-refractivity contribution in [2.24, 2.45) is 0 Å². The molecular formula is C21H23Cl2N3O. The summed E-state index contributed by atoms with van der Waals surface area (Å²) < 4.78 is 2.20. The van der Waals surface area contributed by atoms with Gasteiger partial charge in [0.2, 0.25) is 0 Å². The van der Waals surface area contributed by atoms with Crippen LogP contribution in [-0.2, 0) is 13.1 Å². The van der Waals surface area contributed by atoms with Crippen molar-refractivity contribution in [3.8, 4) is 0 Å². The maximum Gasteiger partial charge on any atom is 0.255 e. The lowest BCUT2D eigenvalue weighted by Crippen LogP contribution is -2.32. The van der Waals surface area contributed by atoms with E-state index in [1.165, 1.54) is 0 Å². The smallest absolute Gasteiger partial charge is 0.255 e. The molecule has 0 N–H and O–H groups in total. The van der Waals surface area contributed by atoms with Gasteiger partial charge in [-0.25, -0.2) is 4.98 Å². The van der Waals surface area contributed by atoms with Gasteiger partial charge < -0.3 is 9.47 Å². The van der Waals surface area contributed by atoms with E-state index in [-0.39, 0.29) is 5.91 Å². The summed E-state index contributed by atoms with van der Waals surface area (Å²) in [6, 6.07) is 13.0. The van der Waals surface area contributed by atoms with Crippen LogP contribution in [0.1, 0.15) is 42.9 Å². The first-order valence-electron chi connectivity index (χ1n) is 9.23. The molecule has 142 valence electrons. The van der Waals surface area contributed by atoms with Crippen LogP contribution in [0.4, 0.5) is 0 Å². The first kappa shape index (κ1) is 19.7. The number of para-hydroxylation sites is 2. The zero-order valence-corrected chi connectivity index (χ0v) is 17.1. The van der Waals surface area contributed by atoms with Gasteiger partial charge in [-0.2, -0.15) is 0 Å². The van der Waals surface area contributed by atoms with Crippen LogP contribution >= 0.6 is 23.2 Å². The molecule has 4 nitrogen and oxygen atoms in total. The summed E-state index contributed by atoms with van der Waals surface area (Å²) >= 11 is 12.3. The Hall–Kier alpha value is -2.04.